The van der Waals surface area contributed by atoms with Gasteiger partial charge in [-0.2, -0.15) is 0 Å². The zero-order valence-corrected chi connectivity index (χ0v) is 16.8. The largest absolute Gasteiger partial charge is 0.425 e. The molecule has 2 N–H and O–H groups in total. The lowest BCUT2D eigenvalue weighted by Crippen LogP contribution is -2.45. The normalized spacial score (nSPS) is 16.3. The van der Waals surface area contributed by atoms with Crippen molar-refractivity contribution in [1.82, 2.24) is 4.90 Å². The fraction of sp³-hybridized carbons (Fsp3) is 0.526. The van der Waals surface area contributed by atoms with Crippen molar-refractivity contribution < 1.29 is 29.0 Å². The van der Waals surface area contributed by atoms with E-state index in [9.17, 15) is 24.5 Å². The third-order valence-electron chi connectivity index (χ3n) is 4.34. The molecule has 1 saturated heterocycles. The molecule has 10 nitrogen and oxygen atoms in total. The van der Waals surface area contributed by atoms with E-state index in [-0.39, 0.29) is 37.4 Å². The molecule has 0 unspecified atom stereocenters. The maximum atomic E-state index is 12.7. The number of nitrogens with zero attached hydrogens (tertiary/aromatic N) is 2. The molecule has 1 fully saturated rings. The predicted molar refractivity (Wildman–Crippen MR) is 111 cm³/mol. The summed E-state index contributed by atoms with van der Waals surface area (Å²) in [6.45, 7) is 1.80. The number of thioether (sulfide) groups is 1. The van der Waals surface area contributed by atoms with Gasteiger partial charge >= 0.3 is 5.97 Å². The number of nitrogens with two attached hydrogens (primary N) is 1. The average molecular weight is 442 g/mol. The van der Waals surface area contributed by atoms with E-state index in [0.29, 0.717) is 30.7 Å². The van der Waals surface area contributed by atoms with E-state index < -0.39 is 23.0 Å². The Morgan fingerprint density at radius 2 is 2.13 bits per heavy atom. The SMILES string of the molecule is C.C[C@H](CSC(=O)CN)C(=O)N1CCC[C@H]1C(=O)Oc1cccc(CO[N+](=O)[O-])c1. The first-order valence-electron chi connectivity index (χ1n) is 9.06. The molecule has 0 aliphatic carbocycles. The van der Waals surface area contributed by atoms with E-state index in [1.807, 2.05) is 0 Å². The Morgan fingerprint density at radius 3 is 2.80 bits per heavy atom. The molecule has 0 spiro atoms. The third kappa shape index (κ3) is 7.30. The molecular formula is C19H27N3O7S. The fourth-order valence-electron chi connectivity index (χ4n) is 2.92. The highest BCUT2D eigenvalue weighted by Crippen LogP contribution is 2.24. The number of hydrogen-bond acceptors (Lipinski definition) is 9. The number of hydrogen-bond donors (Lipinski definition) is 1. The van der Waals surface area contributed by atoms with Crippen molar-refractivity contribution in [2.75, 3.05) is 18.8 Å². The van der Waals surface area contributed by atoms with Crippen LogP contribution in [0.2, 0.25) is 0 Å². The van der Waals surface area contributed by atoms with Crippen LogP contribution in [0, 0.1) is 16.0 Å². The molecule has 0 saturated carbocycles. The number of carbonyl (C=O) groups excluding carboxylic acids is 3. The predicted octanol–water partition coefficient (Wildman–Crippen LogP) is 1.78. The third-order valence-corrected chi connectivity index (χ3v) is 5.50. The van der Waals surface area contributed by atoms with Crippen molar-refractivity contribution in [3.05, 3.63) is 39.9 Å². The minimum atomic E-state index is -0.902. The van der Waals surface area contributed by atoms with Gasteiger partial charge in [0.1, 0.15) is 18.4 Å². The van der Waals surface area contributed by atoms with E-state index in [2.05, 4.69) is 4.84 Å². The molecule has 1 aromatic rings. The molecule has 1 aromatic carbocycles. The van der Waals surface area contributed by atoms with Crippen LogP contribution in [-0.2, 0) is 25.8 Å². The number of benzene rings is 1. The minimum absolute atomic E-state index is 0. The highest BCUT2D eigenvalue weighted by Gasteiger charge is 2.37. The highest BCUT2D eigenvalue weighted by atomic mass is 32.2. The summed E-state index contributed by atoms with van der Waals surface area (Å²) in [4.78, 5) is 52.7. The van der Waals surface area contributed by atoms with Gasteiger partial charge in [0.05, 0.1) is 6.54 Å². The number of esters is 1. The summed E-state index contributed by atoms with van der Waals surface area (Å²) < 4.78 is 5.39. The summed E-state index contributed by atoms with van der Waals surface area (Å²) >= 11 is 1.00. The van der Waals surface area contributed by atoms with E-state index >= 15 is 0 Å². The first kappa shape index (κ1) is 25.4. The molecule has 0 bridgehead atoms. The summed E-state index contributed by atoms with van der Waals surface area (Å²) in [6.07, 6.45) is 1.15. The van der Waals surface area contributed by atoms with E-state index in [1.165, 1.54) is 11.0 Å². The van der Waals surface area contributed by atoms with Crippen LogP contribution in [0.25, 0.3) is 0 Å². The van der Waals surface area contributed by atoms with Gasteiger partial charge in [-0.3, -0.25) is 9.59 Å². The van der Waals surface area contributed by atoms with Gasteiger partial charge in [-0.05, 0) is 30.5 Å². The van der Waals surface area contributed by atoms with Crippen molar-refractivity contribution in [3.8, 4) is 5.75 Å². The molecular weight excluding hydrogens is 414 g/mol. The molecule has 11 heteroatoms. The van der Waals surface area contributed by atoms with Crippen LogP contribution in [0.3, 0.4) is 0 Å². The lowest BCUT2D eigenvalue weighted by atomic mass is 10.1. The molecule has 1 aliphatic rings. The van der Waals surface area contributed by atoms with Crippen molar-refractivity contribution in [3.63, 3.8) is 0 Å². The summed E-state index contributed by atoms with van der Waals surface area (Å²) in [6, 6.07) is 5.51. The van der Waals surface area contributed by atoms with Gasteiger partial charge < -0.3 is 20.2 Å². The zero-order chi connectivity index (χ0) is 21.4. The van der Waals surface area contributed by atoms with Gasteiger partial charge in [-0.25, -0.2) is 4.79 Å². The van der Waals surface area contributed by atoms with Crippen molar-refractivity contribution in [2.45, 2.75) is 39.8 Å². The fourth-order valence-corrected chi connectivity index (χ4v) is 3.61. The maximum absolute atomic E-state index is 12.7. The van der Waals surface area contributed by atoms with Crippen LogP contribution in [-0.4, -0.2) is 51.9 Å². The second-order valence-electron chi connectivity index (χ2n) is 6.54. The van der Waals surface area contributed by atoms with Crippen molar-refractivity contribution in [1.29, 1.82) is 0 Å². The lowest BCUT2D eigenvalue weighted by molar-refractivity contribution is -0.763. The summed E-state index contributed by atoms with van der Waals surface area (Å²) in [5, 5.41) is 9.21. The number of ether oxygens (including phenoxy) is 1. The molecule has 1 amide bonds. The van der Waals surface area contributed by atoms with Crippen LogP contribution in [0.15, 0.2) is 24.3 Å². The Bertz CT molecular complexity index is 774. The van der Waals surface area contributed by atoms with Crippen LogP contribution < -0.4 is 10.5 Å². The van der Waals surface area contributed by atoms with Gasteiger partial charge in [-0.15, -0.1) is 10.1 Å². The molecule has 1 aliphatic heterocycles. The molecule has 2 rings (SSSR count). The first-order valence-corrected chi connectivity index (χ1v) is 10.0. The van der Waals surface area contributed by atoms with E-state index in [1.54, 1.807) is 25.1 Å². The Balaban J connectivity index is 0.00000450. The second-order valence-corrected chi connectivity index (χ2v) is 7.62. The molecule has 166 valence electrons. The van der Waals surface area contributed by atoms with E-state index in [0.717, 1.165) is 11.8 Å². The summed E-state index contributed by atoms with van der Waals surface area (Å²) in [5.41, 5.74) is 5.74. The number of amides is 1. The maximum Gasteiger partial charge on any atom is 0.334 e. The summed E-state index contributed by atoms with van der Waals surface area (Å²) in [7, 11) is 0. The van der Waals surface area contributed by atoms with Crippen molar-refractivity contribution >= 4 is 28.8 Å². The molecule has 0 aromatic heterocycles. The van der Waals surface area contributed by atoms with Crippen LogP contribution in [0.5, 0.6) is 5.75 Å². The first-order chi connectivity index (χ1) is 13.8. The number of likely N-dealkylation sites (tertiary alicyclic amines) is 1. The summed E-state index contributed by atoms with van der Waals surface area (Å²) in [5.74, 6) is -0.704. The van der Waals surface area contributed by atoms with Gasteiger partial charge in [0.15, 0.2) is 0 Å². The Labute approximate surface area is 179 Å². The zero-order valence-electron chi connectivity index (χ0n) is 15.9. The van der Waals surface area contributed by atoms with Gasteiger partial charge in [-0.1, -0.05) is 38.2 Å². The van der Waals surface area contributed by atoms with Gasteiger partial charge in [0.2, 0.25) is 11.0 Å². The quantitative estimate of drug-likeness (QED) is 0.262. The van der Waals surface area contributed by atoms with Crippen LogP contribution in [0.1, 0.15) is 32.8 Å². The average Bonchev–Trinajstić information content (AvgIpc) is 3.19. The molecule has 30 heavy (non-hydrogen) atoms. The number of carbonyl (C=O) groups is 3. The van der Waals surface area contributed by atoms with E-state index in [4.69, 9.17) is 10.5 Å². The van der Waals surface area contributed by atoms with Gasteiger partial charge in [0.25, 0.3) is 5.09 Å². The Morgan fingerprint density at radius 1 is 1.40 bits per heavy atom. The lowest BCUT2D eigenvalue weighted by Gasteiger charge is -2.26. The Kier molecular flexibility index (Phi) is 10.3. The molecule has 0 radical (unpaired) electrons. The van der Waals surface area contributed by atoms with Gasteiger partial charge in [0, 0.05) is 18.2 Å². The molecule has 1 heterocycles. The van der Waals surface area contributed by atoms with Crippen molar-refractivity contribution in [2.24, 2.45) is 11.7 Å². The highest BCUT2D eigenvalue weighted by molar-refractivity contribution is 8.13. The van der Waals surface area contributed by atoms with Crippen LogP contribution in [0.4, 0.5) is 0 Å². The second kappa shape index (κ2) is 12.1. The monoisotopic (exact) mass is 441 g/mol. The molecule has 2 atom stereocenters. The Hall–Kier alpha value is -2.66. The topological polar surface area (TPSA) is 142 Å². The van der Waals surface area contributed by atoms with Crippen LogP contribution >= 0.6 is 11.8 Å². The smallest absolute Gasteiger partial charge is 0.334 e. The standard InChI is InChI=1S/C18H23N3O7S.CH4/c1-12(11-29-16(22)9-19)17(23)20-7-3-6-15(20)18(24)28-14-5-2-4-13(8-14)10-27-21(25)26;/h2,4-5,8,12,15H,3,6-7,9-11,19H2,1H3;1H4/t12-,15+;/m1./s1. The minimum Gasteiger partial charge on any atom is -0.425 e. The number of rotatable bonds is 9.